The van der Waals surface area contributed by atoms with E-state index in [0.717, 1.165) is 17.5 Å². The molecule has 0 fully saturated rings. The molecule has 0 spiro atoms. The van der Waals surface area contributed by atoms with Gasteiger partial charge in [0.25, 0.3) is 0 Å². The van der Waals surface area contributed by atoms with Crippen LogP contribution in [0.3, 0.4) is 0 Å². The van der Waals surface area contributed by atoms with E-state index < -0.39 is 0 Å². The van der Waals surface area contributed by atoms with Crippen molar-refractivity contribution < 1.29 is 14.3 Å². The average molecular weight is 213 g/mol. The smallest absolute Gasteiger partial charge is 0.130 e. The minimum Gasteiger partial charge on any atom is -0.496 e. The summed E-state index contributed by atoms with van der Waals surface area (Å²) in [6, 6.07) is 1.43. The number of hydrogen-bond acceptors (Lipinski definition) is 3. The molecule has 3 nitrogen and oxygen atoms in total. The van der Waals surface area contributed by atoms with E-state index in [1.807, 2.05) is 12.4 Å². The molecule has 0 amide bonds. The molecule has 0 aliphatic heterocycles. The van der Waals surface area contributed by atoms with Gasteiger partial charge in [0.2, 0.25) is 0 Å². The quantitative estimate of drug-likeness (QED) is 0.753. The molecule has 84 valence electrons. The SMILES string of the molecule is CCc1c(CNO)cc(F)c(C)c1OC. The first-order chi connectivity index (χ1) is 7.15. The maximum atomic E-state index is 13.5. The molecule has 1 aromatic rings. The van der Waals surface area contributed by atoms with E-state index in [1.165, 1.54) is 13.2 Å². The van der Waals surface area contributed by atoms with E-state index in [4.69, 9.17) is 9.94 Å². The predicted molar refractivity (Wildman–Crippen MR) is 55.7 cm³/mol. The lowest BCUT2D eigenvalue weighted by Crippen LogP contribution is -2.10. The van der Waals surface area contributed by atoms with Crippen LogP contribution in [0.25, 0.3) is 0 Å². The fraction of sp³-hybridized carbons (Fsp3) is 0.455. The van der Waals surface area contributed by atoms with Crippen molar-refractivity contribution in [3.63, 3.8) is 0 Å². The molecule has 1 rings (SSSR count). The Kier molecular flexibility index (Phi) is 4.05. The molecular weight excluding hydrogens is 197 g/mol. The molecule has 0 heterocycles. The maximum Gasteiger partial charge on any atom is 0.130 e. The van der Waals surface area contributed by atoms with E-state index in [0.29, 0.717) is 11.3 Å². The first-order valence-electron chi connectivity index (χ1n) is 4.87. The van der Waals surface area contributed by atoms with E-state index in [9.17, 15) is 4.39 Å². The second-order valence-corrected chi connectivity index (χ2v) is 3.34. The Morgan fingerprint density at radius 1 is 1.53 bits per heavy atom. The summed E-state index contributed by atoms with van der Waals surface area (Å²) in [4.78, 5) is 0. The van der Waals surface area contributed by atoms with E-state index in [1.54, 1.807) is 6.92 Å². The highest BCUT2D eigenvalue weighted by Crippen LogP contribution is 2.29. The van der Waals surface area contributed by atoms with Crippen LogP contribution in [0.5, 0.6) is 5.75 Å². The van der Waals surface area contributed by atoms with Crippen LogP contribution in [0.1, 0.15) is 23.6 Å². The summed E-state index contributed by atoms with van der Waals surface area (Å²) in [5.74, 6) is 0.261. The summed E-state index contributed by atoms with van der Waals surface area (Å²) in [6.07, 6.45) is 0.737. The van der Waals surface area contributed by atoms with Crippen LogP contribution >= 0.6 is 0 Å². The van der Waals surface area contributed by atoms with Crippen LogP contribution in [0, 0.1) is 12.7 Å². The van der Waals surface area contributed by atoms with Crippen LogP contribution in [0.4, 0.5) is 4.39 Å². The number of hydroxylamine groups is 1. The second-order valence-electron chi connectivity index (χ2n) is 3.34. The standard InChI is InChI=1S/C11H16FNO2/c1-4-9-8(6-13-14)5-10(12)7(2)11(9)15-3/h5,13-14H,4,6H2,1-3H3. The van der Waals surface area contributed by atoms with Gasteiger partial charge in [0.05, 0.1) is 7.11 Å². The molecule has 0 aromatic heterocycles. The van der Waals surface area contributed by atoms with Gasteiger partial charge in [-0.2, -0.15) is 0 Å². The molecule has 1 aromatic carbocycles. The number of rotatable bonds is 4. The lowest BCUT2D eigenvalue weighted by Gasteiger charge is -2.15. The van der Waals surface area contributed by atoms with Gasteiger partial charge in [0.15, 0.2) is 0 Å². The van der Waals surface area contributed by atoms with Crippen molar-refractivity contribution in [2.45, 2.75) is 26.8 Å². The van der Waals surface area contributed by atoms with Crippen LogP contribution in [0.15, 0.2) is 6.07 Å². The Bertz CT molecular complexity index is 353. The van der Waals surface area contributed by atoms with Gasteiger partial charge < -0.3 is 9.94 Å². The van der Waals surface area contributed by atoms with Gasteiger partial charge in [-0.05, 0) is 30.5 Å². The predicted octanol–water partition coefficient (Wildman–Crippen LogP) is 2.18. The van der Waals surface area contributed by atoms with Gasteiger partial charge in [-0.15, -0.1) is 0 Å². The highest BCUT2D eigenvalue weighted by Gasteiger charge is 2.14. The summed E-state index contributed by atoms with van der Waals surface area (Å²) in [5, 5.41) is 8.65. The zero-order chi connectivity index (χ0) is 11.4. The fourth-order valence-electron chi connectivity index (χ4n) is 1.74. The average Bonchev–Trinajstić information content (AvgIpc) is 2.23. The summed E-state index contributed by atoms with van der Waals surface area (Å²) >= 11 is 0. The number of hydrogen-bond donors (Lipinski definition) is 2. The van der Waals surface area contributed by atoms with Crippen molar-refractivity contribution in [3.05, 3.63) is 28.6 Å². The molecular formula is C11H16FNO2. The fourth-order valence-corrected chi connectivity index (χ4v) is 1.74. The number of nitrogens with one attached hydrogen (secondary N) is 1. The summed E-state index contributed by atoms with van der Waals surface area (Å²) < 4.78 is 18.7. The first kappa shape index (κ1) is 11.9. The highest BCUT2D eigenvalue weighted by molar-refractivity contribution is 5.46. The van der Waals surface area contributed by atoms with E-state index in [-0.39, 0.29) is 12.4 Å². The Balaban J connectivity index is 3.33. The Morgan fingerprint density at radius 2 is 2.20 bits per heavy atom. The topological polar surface area (TPSA) is 41.5 Å². The normalized spacial score (nSPS) is 10.5. The van der Waals surface area contributed by atoms with Gasteiger partial charge >= 0.3 is 0 Å². The van der Waals surface area contributed by atoms with Crippen molar-refractivity contribution >= 4 is 0 Å². The monoisotopic (exact) mass is 213 g/mol. The van der Waals surface area contributed by atoms with Crippen LogP contribution in [-0.4, -0.2) is 12.3 Å². The van der Waals surface area contributed by atoms with Gasteiger partial charge in [0.1, 0.15) is 11.6 Å². The molecule has 4 heteroatoms. The van der Waals surface area contributed by atoms with Gasteiger partial charge in [-0.1, -0.05) is 6.92 Å². The molecule has 0 saturated heterocycles. The maximum absolute atomic E-state index is 13.5. The zero-order valence-electron chi connectivity index (χ0n) is 9.22. The molecule has 0 aliphatic carbocycles. The van der Waals surface area contributed by atoms with Crippen molar-refractivity contribution in [1.82, 2.24) is 5.48 Å². The molecule has 0 radical (unpaired) electrons. The molecule has 0 saturated carbocycles. The largest absolute Gasteiger partial charge is 0.496 e. The molecule has 0 bridgehead atoms. The third-order valence-corrected chi connectivity index (χ3v) is 2.49. The van der Waals surface area contributed by atoms with Crippen molar-refractivity contribution in [3.8, 4) is 5.75 Å². The molecule has 15 heavy (non-hydrogen) atoms. The Morgan fingerprint density at radius 3 is 2.67 bits per heavy atom. The minimum atomic E-state index is -0.311. The van der Waals surface area contributed by atoms with Crippen molar-refractivity contribution in [1.29, 1.82) is 0 Å². The van der Waals surface area contributed by atoms with E-state index >= 15 is 0 Å². The molecule has 0 atom stereocenters. The summed E-state index contributed by atoms with van der Waals surface area (Å²) in [7, 11) is 1.52. The second kappa shape index (κ2) is 5.09. The molecule has 2 N–H and O–H groups in total. The van der Waals surface area contributed by atoms with Crippen molar-refractivity contribution in [2.24, 2.45) is 0 Å². The van der Waals surface area contributed by atoms with Gasteiger partial charge in [-0.25, -0.2) is 9.87 Å². The van der Waals surface area contributed by atoms with Crippen LogP contribution in [0.2, 0.25) is 0 Å². The number of methoxy groups -OCH3 is 1. The third-order valence-electron chi connectivity index (χ3n) is 2.49. The van der Waals surface area contributed by atoms with Gasteiger partial charge in [-0.3, -0.25) is 0 Å². The van der Waals surface area contributed by atoms with E-state index in [2.05, 4.69) is 0 Å². The highest BCUT2D eigenvalue weighted by atomic mass is 19.1. The number of ether oxygens (including phenoxy) is 1. The van der Waals surface area contributed by atoms with Crippen molar-refractivity contribution in [2.75, 3.05) is 7.11 Å². The van der Waals surface area contributed by atoms with Gasteiger partial charge in [0, 0.05) is 12.1 Å². The summed E-state index contributed by atoms with van der Waals surface area (Å²) in [6.45, 7) is 3.87. The first-order valence-corrected chi connectivity index (χ1v) is 4.87. The zero-order valence-corrected chi connectivity index (χ0v) is 9.22. The van der Waals surface area contributed by atoms with Crippen LogP contribution in [-0.2, 0) is 13.0 Å². The Labute approximate surface area is 88.8 Å². The number of benzene rings is 1. The molecule has 0 aliphatic rings. The molecule has 0 unspecified atom stereocenters. The van der Waals surface area contributed by atoms with Crippen LogP contribution < -0.4 is 10.2 Å². The summed E-state index contributed by atoms with van der Waals surface area (Å²) in [5.41, 5.74) is 4.20. The Hall–Kier alpha value is -1.13. The lowest BCUT2D eigenvalue weighted by molar-refractivity contribution is 0.160. The minimum absolute atomic E-state index is 0.219. The number of halogens is 1. The third kappa shape index (κ3) is 2.27. The lowest BCUT2D eigenvalue weighted by atomic mass is 10.00.